The molecule has 0 unspecified atom stereocenters. The largest absolute Gasteiger partial charge is 0.308 e. The van der Waals surface area contributed by atoms with Crippen LogP contribution >= 0.6 is 11.3 Å². The number of benzene rings is 1. The summed E-state index contributed by atoms with van der Waals surface area (Å²) in [6, 6.07) is 1.56. The molecule has 1 aliphatic carbocycles. The summed E-state index contributed by atoms with van der Waals surface area (Å²) in [6.45, 7) is 0.982. The molecule has 1 heterocycles. The van der Waals surface area contributed by atoms with Crippen molar-refractivity contribution in [2.45, 2.75) is 6.42 Å². The molecule has 9 heteroatoms. The van der Waals surface area contributed by atoms with Gasteiger partial charge in [-0.25, -0.2) is 18.2 Å². The molecule has 1 aromatic heterocycles. The summed E-state index contributed by atoms with van der Waals surface area (Å²) >= 11 is 0.854. The van der Waals surface area contributed by atoms with Crippen LogP contribution in [0.15, 0.2) is 17.1 Å². The highest BCUT2D eigenvalue weighted by atomic mass is 32.1. The number of Topliss-reactive ketones (excluding diaryl/α,β-unsaturated/α-hetero) is 2. The predicted molar refractivity (Wildman–Crippen MR) is 91.6 cm³/mol. The molecule has 0 radical (unpaired) electrons. The fraction of sp³-hybridized carbons (Fsp3) is 0.294. The highest BCUT2D eigenvalue weighted by molar-refractivity contribution is 7.17. The third-order valence-corrected chi connectivity index (χ3v) is 4.91. The van der Waals surface area contributed by atoms with Crippen LogP contribution in [-0.2, 0) is 0 Å². The van der Waals surface area contributed by atoms with Crippen LogP contribution < -0.4 is 0 Å². The number of hydrogen-bond acceptors (Lipinski definition) is 6. The van der Waals surface area contributed by atoms with E-state index in [1.807, 2.05) is 19.0 Å². The minimum Gasteiger partial charge on any atom is -0.308 e. The van der Waals surface area contributed by atoms with Crippen molar-refractivity contribution in [1.82, 2.24) is 9.88 Å². The first kappa shape index (κ1) is 18.4. The fourth-order valence-electron chi connectivity index (χ4n) is 2.43. The van der Waals surface area contributed by atoms with Gasteiger partial charge in [-0.2, -0.15) is 0 Å². The zero-order valence-corrected chi connectivity index (χ0v) is 14.8. The average molecular weight is 381 g/mol. The molecule has 0 bridgehead atoms. The van der Waals surface area contributed by atoms with Crippen molar-refractivity contribution in [1.29, 1.82) is 0 Å². The molecule has 0 spiro atoms. The lowest BCUT2D eigenvalue weighted by Crippen LogP contribution is -2.27. The summed E-state index contributed by atoms with van der Waals surface area (Å²) in [5, 5.41) is 0.0732. The first-order chi connectivity index (χ1) is 12.3. The van der Waals surface area contributed by atoms with E-state index in [2.05, 4.69) is 9.98 Å². The number of nitrogens with zero attached hydrogens (tertiary/aromatic N) is 3. The van der Waals surface area contributed by atoms with Crippen molar-refractivity contribution in [3.63, 3.8) is 0 Å². The maximum atomic E-state index is 13.4. The number of rotatable bonds is 4. The van der Waals surface area contributed by atoms with E-state index in [1.54, 1.807) is 0 Å². The lowest BCUT2D eigenvalue weighted by Gasteiger charge is -2.11. The summed E-state index contributed by atoms with van der Waals surface area (Å²) in [5.74, 6) is -5.11. The molecule has 26 heavy (non-hydrogen) atoms. The van der Waals surface area contributed by atoms with Gasteiger partial charge in [-0.05, 0) is 26.2 Å². The van der Waals surface area contributed by atoms with Crippen LogP contribution in [0.25, 0.3) is 10.6 Å². The fourth-order valence-corrected chi connectivity index (χ4v) is 3.41. The number of hydrogen-bond donors (Lipinski definition) is 0. The van der Waals surface area contributed by atoms with E-state index in [0.29, 0.717) is 13.1 Å². The van der Waals surface area contributed by atoms with Gasteiger partial charge < -0.3 is 4.90 Å². The van der Waals surface area contributed by atoms with Gasteiger partial charge in [0.25, 0.3) is 0 Å². The highest BCUT2D eigenvalue weighted by Crippen LogP contribution is 2.33. The van der Waals surface area contributed by atoms with Crippen molar-refractivity contribution >= 4 is 28.6 Å². The van der Waals surface area contributed by atoms with Crippen molar-refractivity contribution in [2.75, 3.05) is 27.2 Å². The number of fused-ring (bicyclic) bond motifs is 1. The first-order valence-electron chi connectivity index (χ1n) is 7.69. The molecule has 0 atom stereocenters. The second-order valence-corrected chi connectivity index (χ2v) is 7.01. The SMILES string of the molecule is CN(C)CCN=C1CC(=O)c2sc(-c3cc(F)c(F)c(F)c3)nc2C1=O. The zero-order valence-electron chi connectivity index (χ0n) is 14.0. The van der Waals surface area contributed by atoms with Gasteiger partial charge in [-0.1, -0.05) is 0 Å². The monoisotopic (exact) mass is 381 g/mol. The molecular weight excluding hydrogens is 367 g/mol. The summed E-state index contributed by atoms with van der Waals surface area (Å²) in [5.41, 5.74) is 0.0140. The molecule has 3 rings (SSSR count). The maximum Gasteiger partial charge on any atom is 0.227 e. The first-order valence-corrected chi connectivity index (χ1v) is 8.51. The van der Waals surface area contributed by atoms with Gasteiger partial charge >= 0.3 is 0 Å². The molecule has 1 aliphatic rings. The van der Waals surface area contributed by atoms with Gasteiger partial charge in [-0.3, -0.25) is 14.6 Å². The van der Waals surface area contributed by atoms with Crippen LogP contribution in [0, 0.1) is 17.5 Å². The quantitative estimate of drug-likeness (QED) is 0.764. The molecule has 0 fully saturated rings. The summed E-state index contributed by atoms with van der Waals surface area (Å²) in [4.78, 5) is 35.1. The number of aliphatic imine (C=N–C) groups is 1. The minimum absolute atomic E-state index is 0.0347. The Morgan fingerprint density at radius 1 is 1.19 bits per heavy atom. The average Bonchev–Trinajstić information content (AvgIpc) is 3.02. The molecule has 0 N–H and O–H groups in total. The van der Waals surface area contributed by atoms with Gasteiger partial charge in [0.1, 0.15) is 15.6 Å². The topological polar surface area (TPSA) is 62.6 Å². The lowest BCUT2D eigenvalue weighted by atomic mass is 9.98. The van der Waals surface area contributed by atoms with Crippen molar-refractivity contribution in [3.05, 3.63) is 40.2 Å². The highest BCUT2D eigenvalue weighted by Gasteiger charge is 2.33. The summed E-state index contributed by atoms with van der Waals surface area (Å²) < 4.78 is 40.0. The number of thiazole rings is 1. The smallest absolute Gasteiger partial charge is 0.227 e. The summed E-state index contributed by atoms with van der Waals surface area (Å²) in [6.07, 6.45) is -0.132. The number of ketones is 2. The minimum atomic E-state index is -1.59. The summed E-state index contributed by atoms with van der Waals surface area (Å²) in [7, 11) is 3.72. The lowest BCUT2D eigenvalue weighted by molar-refractivity contribution is 0.0966. The predicted octanol–water partition coefficient (Wildman–Crippen LogP) is 3.00. The Balaban J connectivity index is 1.96. The second-order valence-electron chi connectivity index (χ2n) is 6.01. The van der Waals surface area contributed by atoms with Crippen molar-refractivity contribution in [2.24, 2.45) is 4.99 Å². The van der Waals surface area contributed by atoms with Gasteiger partial charge in [0, 0.05) is 12.1 Å². The van der Waals surface area contributed by atoms with Crippen LogP contribution in [0.2, 0.25) is 0 Å². The van der Waals surface area contributed by atoms with E-state index in [-0.39, 0.29) is 39.1 Å². The Hall–Kier alpha value is -2.39. The Morgan fingerprint density at radius 2 is 1.85 bits per heavy atom. The third kappa shape index (κ3) is 3.45. The van der Waals surface area contributed by atoms with Crippen molar-refractivity contribution < 1.29 is 22.8 Å². The Bertz CT molecular complexity index is 914. The van der Waals surface area contributed by atoms with Gasteiger partial charge in [0.05, 0.1) is 18.7 Å². The molecule has 0 aliphatic heterocycles. The molecule has 0 saturated carbocycles. The third-order valence-electron chi connectivity index (χ3n) is 3.77. The van der Waals surface area contributed by atoms with E-state index < -0.39 is 23.2 Å². The van der Waals surface area contributed by atoms with Crippen molar-refractivity contribution in [3.8, 4) is 10.6 Å². The molecule has 0 saturated heterocycles. The normalized spacial score (nSPS) is 15.8. The standard InChI is InChI=1S/C17H14F3N3O2S/c1-23(2)4-3-21-11-7-12(24)16-14(15(11)25)22-17(26-16)8-5-9(18)13(20)10(19)6-8/h5-6H,3-4,7H2,1-2H3. The van der Waals surface area contributed by atoms with E-state index in [0.717, 1.165) is 23.5 Å². The Labute approximate surface area is 151 Å². The molecule has 0 amide bonds. The molecule has 5 nitrogen and oxygen atoms in total. The zero-order chi connectivity index (χ0) is 19.0. The molecule has 136 valence electrons. The molecule has 1 aromatic carbocycles. The van der Waals surface area contributed by atoms with Crippen LogP contribution in [0.5, 0.6) is 0 Å². The number of carbonyl (C=O) groups excluding carboxylic acids is 2. The van der Waals surface area contributed by atoms with Crippen LogP contribution in [-0.4, -0.2) is 54.3 Å². The number of aromatic nitrogens is 1. The number of halogens is 3. The van der Waals surface area contributed by atoms with E-state index in [9.17, 15) is 22.8 Å². The second kappa shape index (κ2) is 7.08. The van der Waals surface area contributed by atoms with E-state index in [1.165, 1.54) is 0 Å². The van der Waals surface area contributed by atoms with Crippen LogP contribution in [0.4, 0.5) is 13.2 Å². The van der Waals surface area contributed by atoms with Crippen LogP contribution in [0.1, 0.15) is 26.6 Å². The molecular formula is C17H14F3N3O2S. The van der Waals surface area contributed by atoms with Gasteiger partial charge in [-0.15, -0.1) is 11.3 Å². The molecule has 2 aromatic rings. The Kier molecular flexibility index (Phi) is 5.01. The van der Waals surface area contributed by atoms with E-state index in [4.69, 9.17) is 0 Å². The number of likely N-dealkylation sites (N-methyl/N-ethyl adjacent to an activating group) is 1. The van der Waals surface area contributed by atoms with Gasteiger partial charge in [0.15, 0.2) is 23.2 Å². The number of carbonyl (C=O) groups is 2. The maximum absolute atomic E-state index is 13.4. The van der Waals surface area contributed by atoms with Gasteiger partial charge in [0.2, 0.25) is 5.78 Å². The van der Waals surface area contributed by atoms with E-state index >= 15 is 0 Å². The van der Waals surface area contributed by atoms with Crippen LogP contribution in [0.3, 0.4) is 0 Å². The Morgan fingerprint density at radius 3 is 2.46 bits per heavy atom.